The number of carbonyl (C=O) groups is 1. The Morgan fingerprint density at radius 2 is 1.81 bits per heavy atom. The van der Waals surface area contributed by atoms with Gasteiger partial charge in [-0.2, -0.15) is 5.26 Å². The number of aromatic nitrogens is 1. The lowest BCUT2D eigenvalue weighted by atomic mass is 9.95. The van der Waals surface area contributed by atoms with Crippen molar-refractivity contribution >= 4 is 16.9 Å². The predicted octanol–water partition coefficient (Wildman–Crippen LogP) is 6.27. The van der Waals surface area contributed by atoms with Crippen LogP contribution in [0.15, 0.2) is 66.7 Å². The fourth-order valence-electron chi connectivity index (χ4n) is 4.62. The van der Waals surface area contributed by atoms with Crippen molar-refractivity contribution in [2.24, 2.45) is 0 Å². The molecular weight excluding hydrogens is 469 g/mol. The smallest absolute Gasteiger partial charge is 0.320 e. The summed E-state index contributed by atoms with van der Waals surface area (Å²) >= 11 is 0. The molecule has 1 heterocycles. The third-order valence-electron chi connectivity index (χ3n) is 6.43. The fraction of sp³-hybridized carbons (Fsp3) is 0.233. The Morgan fingerprint density at radius 3 is 2.46 bits per heavy atom. The van der Waals surface area contributed by atoms with Gasteiger partial charge in [-0.25, -0.2) is 9.37 Å². The van der Waals surface area contributed by atoms with E-state index in [1.165, 1.54) is 12.1 Å². The standard InChI is InChI=1S/C30H28FN3O3/c1-4-27(30(35)36)34(3)18-25-23-16-21(31)14-15-26(23)33-29(24(25)17-32)20-12-10-19(11-13-20)22-8-6-7-9-28(22)37-5-2/h6-16,27H,4-5,18H2,1-3H3,(H,35,36). The summed E-state index contributed by atoms with van der Waals surface area (Å²) < 4.78 is 20.0. The van der Waals surface area contributed by atoms with E-state index in [2.05, 4.69) is 6.07 Å². The molecule has 0 saturated carbocycles. The Kier molecular flexibility index (Phi) is 7.80. The van der Waals surface area contributed by atoms with Crippen molar-refractivity contribution in [2.45, 2.75) is 32.9 Å². The molecule has 4 aromatic rings. The molecule has 1 atom stereocenters. The average Bonchev–Trinajstić information content (AvgIpc) is 2.89. The summed E-state index contributed by atoms with van der Waals surface area (Å²) in [6.45, 7) is 4.44. The first-order chi connectivity index (χ1) is 17.9. The van der Waals surface area contributed by atoms with Gasteiger partial charge in [-0.3, -0.25) is 9.69 Å². The molecule has 0 radical (unpaired) electrons. The summed E-state index contributed by atoms with van der Waals surface area (Å²) in [6.07, 6.45) is 0.392. The number of ether oxygens (including phenoxy) is 1. The van der Waals surface area contributed by atoms with E-state index in [1.54, 1.807) is 24.9 Å². The van der Waals surface area contributed by atoms with Gasteiger partial charge in [0.2, 0.25) is 0 Å². The van der Waals surface area contributed by atoms with E-state index in [4.69, 9.17) is 9.72 Å². The summed E-state index contributed by atoms with van der Waals surface area (Å²) in [6, 6.07) is 21.3. The highest BCUT2D eigenvalue weighted by Gasteiger charge is 2.24. The van der Waals surface area contributed by atoms with Crippen LogP contribution in [-0.2, 0) is 11.3 Å². The molecule has 1 unspecified atom stereocenters. The van der Waals surface area contributed by atoms with Crippen molar-refractivity contribution in [3.05, 3.63) is 83.7 Å². The third kappa shape index (κ3) is 5.30. The topological polar surface area (TPSA) is 86.4 Å². The molecule has 7 heteroatoms. The van der Waals surface area contributed by atoms with E-state index in [1.807, 2.05) is 55.5 Å². The van der Waals surface area contributed by atoms with E-state index in [0.29, 0.717) is 40.8 Å². The number of benzene rings is 3. The van der Waals surface area contributed by atoms with Gasteiger partial charge in [0.25, 0.3) is 0 Å². The van der Waals surface area contributed by atoms with Gasteiger partial charge in [0, 0.05) is 23.1 Å². The van der Waals surface area contributed by atoms with Crippen molar-refractivity contribution in [2.75, 3.05) is 13.7 Å². The SMILES string of the molecule is CCOc1ccccc1-c1ccc(-c2nc3ccc(F)cc3c(CN(C)C(CC)C(=O)O)c2C#N)cc1. The van der Waals surface area contributed by atoms with Crippen LogP contribution in [0.2, 0.25) is 0 Å². The van der Waals surface area contributed by atoms with Crippen LogP contribution in [0.25, 0.3) is 33.3 Å². The van der Waals surface area contributed by atoms with Crippen LogP contribution in [0.3, 0.4) is 0 Å². The number of aliphatic carboxylic acids is 1. The second-order valence-corrected chi connectivity index (χ2v) is 8.77. The van der Waals surface area contributed by atoms with Gasteiger partial charge in [-0.05, 0) is 55.8 Å². The summed E-state index contributed by atoms with van der Waals surface area (Å²) in [5.41, 5.74) is 4.50. The molecule has 1 N–H and O–H groups in total. The normalized spacial score (nSPS) is 11.9. The van der Waals surface area contributed by atoms with Crippen molar-refractivity contribution in [1.29, 1.82) is 5.26 Å². The number of fused-ring (bicyclic) bond motifs is 1. The molecule has 3 aromatic carbocycles. The molecule has 0 aliphatic rings. The lowest BCUT2D eigenvalue weighted by molar-refractivity contribution is -0.143. The molecular formula is C30H28FN3O3. The number of hydrogen-bond acceptors (Lipinski definition) is 5. The minimum Gasteiger partial charge on any atom is -0.493 e. The third-order valence-corrected chi connectivity index (χ3v) is 6.43. The molecule has 1 aromatic heterocycles. The fourth-order valence-corrected chi connectivity index (χ4v) is 4.62. The van der Waals surface area contributed by atoms with Gasteiger partial charge >= 0.3 is 5.97 Å². The molecule has 0 aliphatic heterocycles. The van der Waals surface area contributed by atoms with Gasteiger partial charge in [0.05, 0.1) is 23.4 Å². The number of carboxylic acids is 1. The van der Waals surface area contributed by atoms with Gasteiger partial charge in [-0.15, -0.1) is 0 Å². The van der Waals surface area contributed by atoms with Gasteiger partial charge in [0.15, 0.2) is 0 Å². The molecule has 0 saturated heterocycles. The van der Waals surface area contributed by atoms with Crippen LogP contribution in [0, 0.1) is 17.1 Å². The van der Waals surface area contributed by atoms with E-state index in [0.717, 1.165) is 22.4 Å². The highest BCUT2D eigenvalue weighted by molar-refractivity contribution is 5.89. The molecule has 0 fully saturated rings. The minimum absolute atomic E-state index is 0.156. The summed E-state index contributed by atoms with van der Waals surface area (Å²) in [5.74, 6) is -0.607. The van der Waals surface area contributed by atoms with Crippen LogP contribution in [-0.4, -0.2) is 40.7 Å². The van der Waals surface area contributed by atoms with Crippen molar-refractivity contribution in [3.8, 4) is 34.2 Å². The molecule has 0 spiro atoms. The number of para-hydroxylation sites is 1. The molecule has 0 bridgehead atoms. The van der Waals surface area contributed by atoms with Crippen LogP contribution < -0.4 is 4.74 Å². The maximum absolute atomic E-state index is 14.2. The zero-order valence-electron chi connectivity index (χ0n) is 21.0. The number of likely N-dealkylation sites (N-methyl/N-ethyl adjacent to an activating group) is 1. The highest BCUT2D eigenvalue weighted by Crippen LogP contribution is 2.34. The quantitative estimate of drug-likeness (QED) is 0.293. The van der Waals surface area contributed by atoms with Gasteiger partial charge < -0.3 is 9.84 Å². The Hall–Kier alpha value is -4.28. The Bertz CT molecular complexity index is 1480. The first kappa shape index (κ1) is 25.8. The average molecular weight is 498 g/mol. The number of carboxylic acid groups (broad SMARTS) is 1. The maximum atomic E-state index is 14.2. The van der Waals surface area contributed by atoms with Crippen LogP contribution in [0.5, 0.6) is 5.75 Å². The molecule has 37 heavy (non-hydrogen) atoms. The molecule has 0 amide bonds. The zero-order valence-corrected chi connectivity index (χ0v) is 21.0. The number of nitriles is 1. The highest BCUT2D eigenvalue weighted by atomic mass is 19.1. The van der Waals surface area contributed by atoms with Crippen LogP contribution >= 0.6 is 0 Å². The van der Waals surface area contributed by atoms with E-state index >= 15 is 0 Å². The largest absolute Gasteiger partial charge is 0.493 e. The van der Waals surface area contributed by atoms with Crippen LogP contribution in [0.4, 0.5) is 4.39 Å². The zero-order chi connectivity index (χ0) is 26.5. The second kappa shape index (κ2) is 11.2. The van der Waals surface area contributed by atoms with Crippen molar-refractivity contribution in [3.63, 3.8) is 0 Å². The molecule has 6 nitrogen and oxygen atoms in total. The monoisotopic (exact) mass is 497 g/mol. The summed E-state index contributed by atoms with van der Waals surface area (Å²) in [4.78, 5) is 18.1. The van der Waals surface area contributed by atoms with E-state index in [9.17, 15) is 19.6 Å². The molecule has 188 valence electrons. The Morgan fingerprint density at radius 1 is 1.11 bits per heavy atom. The molecule has 0 aliphatic carbocycles. The number of pyridine rings is 1. The van der Waals surface area contributed by atoms with E-state index in [-0.39, 0.29) is 6.54 Å². The predicted molar refractivity (Wildman–Crippen MR) is 142 cm³/mol. The summed E-state index contributed by atoms with van der Waals surface area (Å²) in [5, 5.41) is 20.3. The van der Waals surface area contributed by atoms with Crippen molar-refractivity contribution in [1.82, 2.24) is 9.88 Å². The number of rotatable bonds is 9. The van der Waals surface area contributed by atoms with Crippen LogP contribution in [0.1, 0.15) is 31.4 Å². The van der Waals surface area contributed by atoms with E-state index < -0.39 is 17.8 Å². The lowest BCUT2D eigenvalue weighted by Gasteiger charge is -2.25. The first-order valence-corrected chi connectivity index (χ1v) is 12.2. The Labute approximate surface area is 215 Å². The number of hydrogen-bond donors (Lipinski definition) is 1. The number of halogens is 1. The second-order valence-electron chi connectivity index (χ2n) is 8.77. The van der Waals surface area contributed by atoms with Gasteiger partial charge in [0.1, 0.15) is 23.7 Å². The van der Waals surface area contributed by atoms with Gasteiger partial charge in [-0.1, -0.05) is 49.4 Å². The number of nitrogens with zero attached hydrogens (tertiary/aromatic N) is 3. The summed E-state index contributed by atoms with van der Waals surface area (Å²) in [7, 11) is 1.69. The first-order valence-electron chi connectivity index (χ1n) is 12.2. The van der Waals surface area contributed by atoms with Crippen molar-refractivity contribution < 1.29 is 19.0 Å². The maximum Gasteiger partial charge on any atom is 0.320 e. The lowest BCUT2D eigenvalue weighted by Crippen LogP contribution is -2.37. The Balaban J connectivity index is 1.84. The minimum atomic E-state index is -0.948. The molecule has 4 rings (SSSR count).